The quantitative estimate of drug-likeness (QED) is 0.608. The van der Waals surface area contributed by atoms with Crippen molar-refractivity contribution in [3.8, 4) is 0 Å². The van der Waals surface area contributed by atoms with Crippen LogP contribution in [0.25, 0.3) is 6.08 Å². The summed E-state index contributed by atoms with van der Waals surface area (Å²) >= 11 is 12.1. The summed E-state index contributed by atoms with van der Waals surface area (Å²) < 4.78 is 0.275. The third kappa shape index (κ3) is 4.40. The van der Waals surface area contributed by atoms with Gasteiger partial charge < -0.3 is 0 Å². The standard InChI is InChI=1S/C19H13ClN2O2S2/c20-15-11-9-14(10-12-15)17(23)21-22-18(24)16(26-19(22)25)8-4-7-13-5-2-1-3-6-13/h1-12H,(H,21,23)/b7-4-,16-8-. The predicted molar refractivity (Wildman–Crippen MR) is 110 cm³/mol. The molecular weight excluding hydrogens is 388 g/mol. The molecule has 0 saturated carbocycles. The molecule has 7 heteroatoms. The second-order valence-electron chi connectivity index (χ2n) is 5.26. The van der Waals surface area contributed by atoms with Crippen molar-refractivity contribution in [1.82, 2.24) is 10.4 Å². The largest absolute Gasteiger partial charge is 0.285 e. The van der Waals surface area contributed by atoms with Crippen molar-refractivity contribution in [1.29, 1.82) is 0 Å². The van der Waals surface area contributed by atoms with E-state index in [1.54, 1.807) is 36.4 Å². The van der Waals surface area contributed by atoms with Gasteiger partial charge in [0.1, 0.15) is 0 Å². The Labute approximate surface area is 165 Å². The highest BCUT2D eigenvalue weighted by Crippen LogP contribution is 2.29. The molecule has 0 aliphatic carbocycles. The Morgan fingerprint density at radius 2 is 1.81 bits per heavy atom. The summed E-state index contributed by atoms with van der Waals surface area (Å²) in [4.78, 5) is 25.2. The summed E-state index contributed by atoms with van der Waals surface area (Å²) in [5, 5.41) is 1.61. The molecule has 1 heterocycles. The smallest absolute Gasteiger partial charge is 0.267 e. The molecule has 1 saturated heterocycles. The maximum atomic E-state index is 12.5. The SMILES string of the molecule is O=C(NN1C(=O)/C(=C/C=C\c2ccccc2)SC1=S)c1ccc(Cl)cc1. The topological polar surface area (TPSA) is 49.4 Å². The van der Waals surface area contributed by atoms with Crippen LogP contribution in [0.1, 0.15) is 15.9 Å². The summed E-state index contributed by atoms with van der Waals surface area (Å²) in [6, 6.07) is 16.1. The van der Waals surface area contributed by atoms with Crippen molar-refractivity contribution in [3.63, 3.8) is 0 Å². The first-order valence-electron chi connectivity index (χ1n) is 7.61. The van der Waals surface area contributed by atoms with Crippen LogP contribution in [0.5, 0.6) is 0 Å². The number of hydrogen-bond donors (Lipinski definition) is 1. The molecule has 26 heavy (non-hydrogen) atoms. The Hall–Kier alpha value is -2.41. The first kappa shape index (κ1) is 18.4. The van der Waals surface area contributed by atoms with Crippen LogP contribution in [0.4, 0.5) is 0 Å². The van der Waals surface area contributed by atoms with E-state index in [1.807, 2.05) is 36.4 Å². The van der Waals surface area contributed by atoms with E-state index in [-0.39, 0.29) is 10.2 Å². The molecule has 1 aliphatic rings. The van der Waals surface area contributed by atoms with E-state index in [0.717, 1.165) is 22.3 Å². The third-order valence-electron chi connectivity index (χ3n) is 3.45. The van der Waals surface area contributed by atoms with Crippen LogP contribution in [-0.2, 0) is 4.79 Å². The molecule has 2 aromatic rings. The van der Waals surface area contributed by atoms with Crippen LogP contribution in [0, 0.1) is 0 Å². The summed E-state index contributed by atoms with van der Waals surface area (Å²) in [5.74, 6) is -0.793. The highest BCUT2D eigenvalue weighted by molar-refractivity contribution is 8.26. The maximum Gasteiger partial charge on any atom is 0.285 e. The van der Waals surface area contributed by atoms with Gasteiger partial charge in [-0.25, -0.2) is 0 Å². The molecule has 2 amide bonds. The van der Waals surface area contributed by atoms with Gasteiger partial charge in [0.2, 0.25) is 0 Å². The van der Waals surface area contributed by atoms with Crippen LogP contribution in [-0.4, -0.2) is 21.1 Å². The molecule has 0 atom stereocenters. The minimum Gasteiger partial charge on any atom is -0.267 e. The van der Waals surface area contributed by atoms with Gasteiger partial charge in [0, 0.05) is 10.6 Å². The monoisotopic (exact) mass is 400 g/mol. The number of allylic oxidation sites excluding steroid dienone is 2. The molecular formula is C19H13ClN2O2S2. The lowest BCUT2D eigenvalue weighted by molar-refractivity contribution is -0.123. The first-order chi connectivity index (χ1) is 12.5. The maximum absolute atomic E-state index is 12.5. The summed E-state index contributed by atoms with van der Waals surface area (Å²) in [7, 11) is 0. The van der Waals surface area contributed by atoms with Crippen LogP contribution in [0.15, 0.2) is 71.7 Å². The van der Waals surface area contributed by atoms with E-state index in [2.05, 4.69) is 5.43 Å². The highest BCUT2D eigenvalue weighted by atomic mass is 35.5. The number of hydrogen-bond acceptors (Lipinski definition) is 4. The Morgan fingerprint density at radius 1 is 1.12 bits per heavy atom. The fourth-order valence-electron chi connectivity index (χ4n) is 2.16. The molecule has 0 unspecified atom stereocenters. The predicted octanol–water partition coefficient (Wildman–Crippen LogP) is 4.44. The van der Waals surface area contributed by atoms with Gasteiger partial charge in [0.15, 0.2) is 4.32 Å². The van der Waals surface area contributed by atoms with Gasteiger partial charge in [-0.2, -0.15) is 5.01 Å². The van der Waals surface area contributed by atoms with Gasteiger partial charge in [-0.15, -0.1) is 0 Å². The number of amides is 2. The highest BCUT2D eigenvalue weighted by Gasteiger charge is 2.33. The van der Waals surface area contributed by atoms with Gasteiger partial charge in [-0.3, -0.25) is 15.0 Å². The molecule has 0 radical (unpaired) electrons. The van der Waals surface area contributed by atoms with Gasteiger partial charge in [0.05, 0.1) is 4.91 Å². The molecule has 1 aliphatic heterocycles. The minimum atomic E-state index is -0.431. The fourth-order valence-corrected chi connectivity index (χ4v) is 3.41. The van der Waals surface area contributed by atoms with Crippen molar-refractivity contribution in [2.45, 2.75) is 0 Å². The summed E-state index contributed by atoms with van der Waals surface area (Å²) in [6.45, 7) is 0. The van der Waals surface area contributed by atoms with Crippen molar-refractivity contribution in [2.24, 2.45) is 0 Å². The molecule has 1 N–H and O–H groups in total. The molecule has 2 aromatic carbocycles. The molecule has 0 bridgehead atoms. The molecule has 4 nitrogen and oxygen atoms in total. The Morgan fingerprint density at radius 3 is 2.50 bits per heavy atom. The van der Waals surface area contributed by atoms with Crippen LogP contribution < -0.4 is 5.43 Å². The van der Waals surface area contributed by atoms with Crippen LogP contribution in [0.3, 0.4) is 0 Å². The third-order valence-corrected chi connectivity index (χ3v) is 5.02. The van der Waals surface area contributed by atoms with E-state index in [9.17, 15) is 9.59 Å². The fraction of sp³-hybridized carbons (Fsp3) is 0. The van der Waals surface area contributed by atoms with Crippen LogP contribution in [0.2, 0.25) is 5.02 Å². The lowest BCUT2D eigenvalue weighted by atomic mass is 10.2. The lowest BCUT2D eigenvalue weighted by Gasteiger charge is -2.15. The number of halogens is 1. The second-order valence-corrected chi connectivity index (χ2v) is 7.37. The number of thioether (sulfide) groups is 1. The van der Waals surface area contributed by atoms with Gasteiger partial charge in [0.25, 0.3) is 11.8 Å². The van der Waals surface area contributed by atoms with Crippen LogP contribution >= 0.6 is 35.6 Å². The Balaban J connectivity index is 1.68. The zero-order chi connectivity index (χ0) is 18.5. The Kier molecular flexibility index (Phi) is 5.88. The zero-order valence-corrected chi connectivity index (χ0v) is 15.8. The van der Waals surface area contributed by atoms with Crippen molar-refractivity contribution in [3.05, 3.63) is 87.8 Å². The first-order valence-corrected chi connectivity index (χ1v) is 9.21. The lowest BCUT2D eigenvalue weighted by Crippen LogP contribution is -2.44. The number of nitrogens with one attached hydrogen (secondary N) is 1. The van der Waals surface area contributed by atoms with E-state index < -0.39 is 5.91 Å². The number of thiocarbonyl (C=S) groups is 1. The zero-order valence-electron chi connectivity index (χ0n) is 13.4. The van der Waals surface area contributed by atoms with Crippen molar-refractivity contribution < 1.29 is 9.59 Å². The van der Waals surface area contributed by atoms with Gasteiger partial charge in [-0.05, 0) is 48.1 Å². The average molecular weight is 401 g/mol. The van der Waals surface area contributed by atoms with E-state index >= 15 is 0 Å². The molecule has 1 fully saturated rings. The average Bonchev–Trinajstić information content (AvgIpc) is 2.91. The summed E-state index contributed by atoms with van der Waals surface area (Å²) in [6.07, 6.45) is 5.35. The number of benzene rings is 2. The number of rotatable bonds is 4. The van der Waals surface area contributed by atoms with E-state index in [0.29, 0.717) is 15.5 Å². The molecule has 130 valence electrons. The molecule has 0 aromatic heterocycles. The van der Waals surface area contributed by atoms with Crippen molar-refractivity contribution >= 4 is 57.8 Å². The number of carbonyl (C=O) groups is 2. The summed E-state index contributed by atoms with van der Waals surface area (Å²) in [5.41, 5.74) is 3.94. The minimum absolute atomic E-state index is 0.275. The molecule has 3 rings (SSSR count). The Bertz CT molecular complexity index is 909. The number of hydrazine groups is 1. The van der Waals surface area contributed by atoms with E-state index in [4.69, 9.17) is 23.8 Å². The van der Waals surface area contributed by atoms with E-state index in [1.165, 1.54) is 0 Å². The normalized spacial score (nSPS) is 15.9. The van der Waals surface area contributed by atoms with Crippen molar-refractivity contribution in [2.75, 3.05) is 0 Å². The second kappa shape index (κ2) is 8.31. The molecule has 0 spiro atoms. The number of carbonyl (C=O) groups excluding carboxylic acids is 2. The van der Waals surface area contributed by atoms with Gasteiger partial charge in [-0.1, -0.05) is 65.8 Å². The number of nitrogens with zero attached hydrogens (tertiary/aromatic N) is 1. The van der Waals surface area contributed by atoms with Gasteiger partial charge >= 0.3 is 0 Å².